The molecule has 0 N–H and O–H groups in total. The van der Waals surface area contributed by atoms with Gasteiger partial charge >= 0.3 is 0 Å². The van der Waals surface area contributed by atoms with Gasteiger partial charge < -0.3 is 0 Å². The largest absolute Gasteiger partial charge is 0.268 e. The van der Waals surface area contributed by atoms with Gasteiger partial charge in [0, 0.05) is 5.56 Å². The fourth-order valence-electron chi connectivity index (χ4n) is 2.49. The van der Waals surface area contributed by atoms with Crippen molar-refractivity contribution in [3.8, 4) is 11.4 Å². The molecule has 0 saturated heterocycles. The highest BCUT2D eigenvalue weighted by Crippen LogP contribution is 2.29. The van der Waals surface area contributed by atoms with Crippen LogP contribution >= 0.6 is 0 Å². The third-order valence-electron chi connectivity index (χ3n) is 3.38. The van der Waals surface area contributed by atoms with E-state index < -0.39 is 0 Å². The van der Waals surface area contributed by atoms with Gasteiger partial charge in [0.2, 0.25) is 0 Å². The van der Waals surface area contributed by atoms with Gasteiger partial charge in [0.1, 0.15) is 0 Å². The lowest BCUT2D eigenvalue weighted by Crippen LogP contribution is -2.25. The van der Waals surface area contributed by atoms with E-state index in [1.54, 1.807) is 30.3 Å². The van der Waals surface area contributed by atoms with Crippen LogP contribution in [0.2, 0.25) is 0 Å². The average molecular weight is 248 g/mol. The maximum absolute atomic E-state index is 12.4. The summed E-state index contributed by atoms with van der Waals surface area (Å²) in [6, 6.07) is 14.2. The van der Waals surface area contributed by atoms with Crippen molar-refractivity contribution in [1.82, 2.24) is 9.55 Å². The van der Waals surface area contributed by atoms with E-state index in [4.69, 9.17) is 0 Å². The SMILES string of the molecule is O=C1c2ccccc2-c2nc3ccccc3c(=O)n21. The standard InChI is InChI=1S/C15H8N2O2/c18-14-10-6-2-1-5-9(10)13-16-12-8-4-3-7-11(12)15(19)17(13)14/h1-8H. The summed E-state index contributed by atoms with van der Waals surface area (Å²) in [4.78, 5) is 29.1. The topological polar surface area (TPSA) is 52.0 Å². The van der Waals surface area contributed by atoms with Crippen LogP contribution in [-0.2, 0) is 0 Å². The van der Waals surface area contributed by atoms with Gasteiger partial charge in [-0.1, -0.05) is 30.3 Å². The van der Waals surface area contributed by atoms with E-state index in [0.29, 0.717) is 22.3 Å². The summed E-state index contributed by atoms with van der Waals surface area (Å²) >= 11 is 0. The lowest BCUT2D eigenvalue weighted by atomic mass is 10.1. The van der Waals surface area contributed by atoms with E-state index in [1.807, 2.05) is 18.2 Å². The molecule has 0 aliphatic carbocycles. The number of rotatable bonds is 0. The van der Waals surface area contributed by atoms with Crippen LogP contribution in [0.5, 0.6) is 0 Å². The van der Waals surface area contributed by atoms with Gasteiger partial charge in [0.05, 0.1) is 16.5 Å². The molecule has 90 valence electrons. The van der Waals surface area contributed by atoms with E-state index in [0.717, 1.165) is 10.1 Å². The zero-order valence-corrected chi connectivity index (χ0v) is 9.83. The summed E-state index contributed by atoms with van der Waals surface area (Å²) in [5.41, 5.74) is 1.56. The number of benzene rings is 2. The quantitative estimate of drug-likeness (QED) is 0.478. The Balaban J connectivity index is 2.23. The van der Waals surface area contributed by atoms with E-state index in [-0.39, 0.29) is 11.5 Å². The third kappa shape index (κ3) is 1.20. The molecular weight excluding hydrogens is 240 g/mol. The summed E-state index contributed by atoms with van der Waals surface area (Å²) in [5, 5.41) is 0.465. The van der Waals surface area contributed by atoms with Crippen LogP contribution in [0.1, 0.15) is 10.4 Å². The first-order valence-electron chi connectivity index (χ1n) is 5.93. The molecule has 0 radical (unpaired) electrons. The molecule has 0 spiro atoms. The van der Waals surface area contributed by atoms with Crippen molar-refractivity contribution < 1.29 is 4.79 Å². The van der Waals surface area contributed by atoms with Gasteiger partial charge in [0.25, 0.3) is 11.5 Å². The van der Waals surface area contributed by atoms with Gasteiger partial charge in [-0.25, -0.2) is 9.55 Å². The van der Waals surface area contributed by atoms with Gasteiger partial charge in [0.15, 0.2) is 5.82 Å². The molecule has 19 heavy (non-hydrogen) atoms. The van der Waals surface area contributed by atoms with Crippen LogP contribution in [0.25, 0.3) is 22.3 Å². The Labute approximate surface area is 108 Å². The van der Waals surface area contributed by atoms with E-state index in [2.05, 4.69) is 4.98 Å². The zero-order chi connectivity index (χ0) is 13.0. The number of fused-ring (bicyclic) bond motifs is 4. The Morgan fingerprint density at radius 3 is 2.37 bits per heavy atom. The number of hydrogen-bond donors (Lipinski definition) is 0. The monoisotopic (exact) mass is 248 g/mol. The Morgan fingerprint density at radius 1 is 0.842 bits per heavy atom. The molecule has 4 rings (SSSR count). The molecule has 4 heteroatoms. The van der Waals surface area contributed by atoms with E-state index in [9.17, 15) is 9.59 Å². The summed E-state index contributed by atoms with van der Waals surface area (Å²) in [6.45, 7) is 0. The molecule has 2 heterocycles. The third-order valence-corrected chi connectivity index (χ3v) is 3.38. The molecule has 4 nitrogen and oxygen atoms in total. The number of carbonyl (C=O) groups excluding carboxylic acids is 1. The number of carbonyl (C=O) groups is 1. The maximum atomic E-state index is 12.4. The summed E-state index contributed by atoms with van der Waals surface area (Å²) in [6.07, 6.45) is 0. The fourth-order valence-corrected chi connectivity index (χ4v) is 2.49. The Kier molecular flexibility index (Phi) is 1.82. The molecule has 1 aromatic heterocycles. The van der Waals surface area contributed by atoms with Crippen molar-refractivity contribution in [2.75, 3.05) is 0 Å². The minimum atomic E-state index is -0.304. The maximum Gasteiger partial charge on any atom is 0.268 e. The van der Waals surface area contributed by atoms with Crippen LogP contribution < -0.4 is 5.56 Å². The number of hydrogen-bond acceptors (Lipinski definition) is 3. The fraction of sp³-hybridized carbons (Fsp3) is 0. The molecule has 0 atom stereocenters. The first kappa shape index (κ1) is 10.2. The molecule has 0 bridgehead atoms. The number of nitrogens with zero attached hydrogens (tertiary/aromatic N) is 2. The van der Waals surface area contributed by atoms with Crippen LogP contribution in [0, 0.1) is 0 Å². The van der Waals surface area contributed by atoms with Crippen molar-refractivity contribution in [3.63, 3.8) is 0 Å². The Morgan fingerprint density at radius 2 is 1.53 bits per heavy atom. The Hall–Kier alpha value is -2.75. The summed E-state index contributed by atoms with van der Waals surface area (Å²) in [5.74, 6) is 0.137. The van der Waals surface area contributed by atoms with Gasteiger partial charge in [-0.05, 0) is 18.2 Å². The normalized spacial score (nSPS) is 12.5. The molecule has 3 aromatic rings. The summed E-state index contributed by atoms with van der Waals surface area (Å²) < 4.78 is 1.16. The molecule has 0 saturated carbocycles. The minimum Gasteiger partial charge on any atom is -0.268 e. The average Bonchev–Trinajstić information content (AvgIpc) is 2.74. The highest BCUT2D eigenvalue weighted by atomic mass is 16.2. The molecule has 1 aliphatic rings. The predicted molar refractivity (Wildman–Crippen MR) is 71.2 cm³/mol. The molecule has 0 unspecified atom stereocenters. The van der Waals surface area contributed by atoms with Crippen LogP contribution in [0.15, 0.2) is 53.3 Å². The van der Waals surface area contributed by atoms with Crippen LogP contribution in [0.4, 0.5) is 0 Å². The highest BCUT2D eigenvalue weighted by Gasteiger charge is 2.29. The van der Waals surface area contributed by atoms with Gasteiger partial charge in [-0.15, -0.1) is 0 Å². The lowest BCUT2D eigenvalue weighted by molar-refractivity contribution is 0.0965. The zero-order valence-electron chi connectivity index (χ0n) is 9.83. The van der Waals surface area contributed by atoms with Crippen LogP contribution in [0.3, 0.4) is 0 Å². The van der Waals surface area contributed by atoms with Crippen LogP contribution in [-0.4, -0.2) is 15.5 Å². The first-order chi connectivity index (χ1) is 9.27. The molecular formula is C15H8N2O2. The predicted octanol–water partition coefficient (Wildman–Crippen LogP) is 2.07. The summed E-state index contributed by atoms with van der Waals surface area (Å²) in [7, 11) is 0. The van der Waals surface area contributed by atoms with Gasteiger partial charge in [-0.3, -0.25) is 9.59 Å². The highest BCUT2D eigenvalue weighted by molar-refractivity contribution is 6.08. The second-order valence-electron chi connectivity index (χ2n) is 4.44. The Bertz CT molecular complexity index is 909. The lowest BCUT2D eigenvalue weighted by Gasteiger charge is -2.03. The molecule has 0 amide bonds. The second-order valence-corrected chi connectivity index (χ2v) is 4.44. The number of aromatic nitrogens is 2. The first-order valence-corrected chi connectivity index (χ1v) is 5.93. The van der Waals surface area contributed by atoms with Crippen molar-refractivity contribution >= 4 is 16.8 Å². The van der Waals surface area contributed by atoms with Crippen molar-refractivity contribution in [3.05, 3.63) is 64.4 Å². The molecule has 1 aliphatic heterocycles. The smallest absolute Gasteiger partial charge is 0.268 e. The second kappa shape index (κ2) is 3.38. The van der Waals surface area contributed by atoms with E-state index in [1.165, 1.54) is 0 Å². The minimum absolute atomic E-state index is 0.297. The van der Waals surface area contributed by atoms with E-state index >= 15 is 0 Å². The number of para-hydroxylation sites is 1. The van der Waals surface area contributed by atoms with Gasteiger partial charge in [-0.2, -0.15) is 0 Å². The molecule has 0 fully saturated rings. The molecule has 2 aromatic carbocycles. The van der Waals surface area contributed by atoms with Crippen molar-refractivity contribution in [2.45, 2.75) is 0 Å². The van der Waals surface area contributed by atoms with Crippen molar-refractivity contribution in [1.29, 1.82) is 0 Å². The van der Waals surface area contributed by atoms with Crippen molar-refractivity contribution in [2.24, 2.45) is 0 Å².